The van der Waals surface area contributed by atoms with E-state index < -0.39 is 16.1 Å². The van der Waals surface area contributed by atoms with Crippen molar-refractivity contribution in [3.8, 4) is 0 Å². The fourth-order valence-corrected chi connectivity index (χ4v) is 2.79. The first-order valence-corrected chi connectivity index (χ1v) is 7.80. The van der Waals surface area contributed by atoms with Gasteiger partial charge in [0.05, 0.1) is 10.9 Å². The standard InChI is InChI=1S/C13H21N3O3S/c1-8(2)15-13(17)10(4)16-20(18,19)11-6-5-9(3)12(14)7-11/h5-8,10,16H,14H2,1-4H3,(H,15,17). The molecule has 4 N–H and O–H groups in total. The van der Waals surface area contributed by atoms with Gasteiger partial charge < -0.3 is 11.1 Å². The van der Waals surface area contributed by atoms with Crippen LogP contribution in [0.1, 0.15) is 26.3 Å². The van der Waals surface area contributed by atoms with E-state index in [2.05, 4.69) is 10.0 Å². The second-order valence-corrected chi connectivity index (χ2v) is 6.74. The SMILES string of the molecule is Cc1ccc(S(=O)(=O)NC(C)C(=O)NC(C)C)cc1N. The predicted molar refractivity (Wildman–Crippen MR) is 78.7 cm³/mol. The van der Waals surface area contributed by atoms with Gasteiger partial charge in [-0.1, -0.05) is 6.07 Å². The van der Waals surface area contributed by atoms with Crippen LogP contribution in [0.15, 0.2) is 23.1 Å². The van der Waals surface area contributed by atoms with Gasteiger partial charge in [-0.05, 0) is 45.4 Å². The number of benzene rings is 1. The van der Waals surface area contributed by atoms with Crippen molar-refractivity contribution in [3.63, 3.8) is 0 Å². The molecule has 0 spiro atoms. The van der Waals surface area contributed by atoms with Crippen LogP contribution in [0.4, 0.5) is 5.69 Å². The van der Waals surface area contributed by atoms with Crippen LogP contribution >= 0.6 is 0 Å². The highest BCUT2D eigenvalue weighted by Gasteiger charge is 2.22. The summed E-state index contributed by atoms with van der Waals surface area (Å²) in [6, 6.07) is 3.56. The molecule has 20 heavy (non-hydrogen) atoms. The third kappa shape index (κ3) is 4.21. The number of hydrogen-bond acceptors (Lipinski definition) is 4. The maximum absolute atomic E-state index is 12.1. The van der Waals surface area contributed by atoms with Gasteiger partial charge >= 0.3 is 0 Å². The number of rotatable bonds is 5. The smallest absolute Gasteiger partial charge is 0.241 e. The molecule has 0 aliphatic rings. The van der Waals surface area contributed by atoms with Crippen molar-refractivity contribution in [2.45, 2.75) is 44.7 Å². The van der Waals surface area contributed by atoms with Crippen LogP contribution in [0.2, 0.25) is 0 Å². The van der Waals surface area contributed by atoms with Crippen LogP contribution in [-0.4, -0.2) is 26.4 Å². The Kier molecular flexibility index (Phi) is 5.13. The molecule has 0 saturated heterocycles. The number of carbonyl (C=O) groups is 1. The Hall–Kier alpha value is -1.60. The molecule has 1 aromatic rings. The topological polar surface area (TPSA) is 101 Å². The van der Waals surface area contributed by atoms with Crippen molar-refractivity contribution in [1.29, 1.82) is 0 Å². The number of hydrogen-bond donors (Lipinski definition) is 3. The lowest BCUT2D eigenvalue weighted by atomic mass is 10.2. The highest BCUT2D eigenvalue weighted by Crippen LogP contribution is 2.17. The van der Waals surface area contributed by atoms with E-state index in [4.69, 9.17) is 5.73 Å². The lowest BCUT2D eigenvalue weighted by Gasteiger charge is -2.16. The van der Waals surface area contributed by atoms with Gasteiger partial charge in [-0.3, -0.25) is 4.79 Å². The van der Waals surface area contributed by atoms with Crippen LogP contribution in [0.3, 0.4) is 0 Å². The van der Waals surface area contributed by atoms with Crippen molar-refractivity contribution < 1.29 is 13.2 Å². The molecule has 0 aliphatic heterocycles. The summed E-state index contributed by atoms with van der Waals surface area (Å²) in [7, 11) is -3.77. The van der Waals surface area contributed by atoms with Crippen molar-refractivity contribution >= 4 is 21.6 Å². The van der Waals surface area contributed by atoms with Gasteiger partial charge in [0.15, 0.2) is 0 Å². The number of nitrogens with one attached hydrogen (secondary N) is 2. The fourth-order valence-electron chi connectivity index (χ4n) is 1.55. The monoisotopic (exact) mass is 299 g/mol. The Morgan fingerprint density at radius 3 is 2.35 bits per heavy atom. The van der Waals surface area contributed by atoms with E-state index in [1.165, 1.54) is 19.1 Å². The molecule has 0 fully saturated rings. The zero-order chi connectivity index (χ0) is 15.5. The minimum absolute atomic E-state index is 0.0461. The lowest BCUT2D eigenvalue weighted by molar-refractivity contribution is -0.122. The second-order valence-electron chi connectivity index (χ2n) is 5.02. The molecule has 0 heterocycles. The van der Waals surface area contributed by atoms with Gasteiger partial charge in [-0.2, -0.15) is 4.72 Å². The van der Waals surface area contributed by atoms with Crippen LogP contribution in [0.25, 0.3) is 0 Å². The molecule has 112 valence electrons. The number of sulfonamides is 1. The van der Waals surface area contributed by atoms with E-state index >= 15 is 0 Å². The molecule has 0 saturated carbocycles. The number of nitrogens with two attached hydrogens (primary N) is 1. The van der Waals surface area contributed by atoms with Gasteiger partial charge in [0.25, 0.3) is 0 Å². The van der Waals surface area contributed by atoms with Crippen molar-refractivity contribution in [3.05, 3.63) is 23.8 Å². The average Bonchev–Trinajstić information content (AvgIpc) is 2.31. The first kappa shape index (κ1) is 16.5. The van der Waals surface area contributed by atoms with Crippen molar-refractivity contribution in [1.82, 2.24) is 10.0 Å². The maximum Gasteiger partial charge on any atom is 0.241 e. The fraction of sp³-hybridized carbons (Fsp3) is 0.462. The first-order chi connectivity index (χ1) is 9.13. The molecule has 0 radical (unpaired) electrons. The van der Waals surface area contributed by atoms with E-state index in [0.29, 0.717) is 5.69 Å². The summed E-state index contributed by atoms with van der Waals surface area (Å²) in [5, 5.41) is 2.65. The Morgan fingerprint density at radius 1 is 1.25 bits per heavy atom. The van der Waals surface area contributed by atoms with Gasteiger partial charge in [-0.25, -0.2) is 8.42 Å². The van der Waals surface area contributed by atoms with Gasteiger partial charge in [0.1, 0.15) is 0 Å². The summed E-state index contributed by atoms with van der Waals surface area (Å²) in [6.07, 6.45) is 0. The zero-order valence-corrected chi connectivity index (χ0v) is 12.9. The molecule has 0 bridgehead atoms. The minimum Gasteiger partial charge on any atom is -0.398 e. The largest absolute Gasteiger partial charge is 0.398 e. The Morgan fingerprint density at radius 2 is 1.85 bits per heavy atom. The summed E-state index contributed by atoms with van der Waals surface area (Å²) in [4.78, 5) is 11.8. The Balaban J connectivity index is 2.89. The molecule has 1 rings (SSSR count). The number of aryl methyl sites for hydroxylation is 1. The maximum atomic E-state index is 12.1. The third-order valence-corrected chi connectivity index (χ3v) is 4.26. The Bertz CT molecular complexity index is 597. The third-order valence-electron chi connectivity index (χ3n) is 2.72. The number of amides is 1. The molecule has 1 unspecified atom stereocenters. The summed E-state index contributed by atoms with van der Waals surface area (Å²) < 4.78 is 26.6. The van der Waals surface area contributed by atoms with E-state index in [9.17, 15) is 13.2 Å². The van der Waals surface area contributed by atoms with E-state index in [0.717, 1.165) is 5.56 Å². The van der Waals surface area contributed by atoms with Crippen LogP contribution in [0, 0.1) is 6.92 Å². The molecule has 6 nitrogen and oxygen atoms in total. The molecular formula is C13H21N3O3S. The normalized spacial score (nSPS) is 13.2. The number of anilines is 1. The quantitative estimate of drug-likeness (QED) is 0.699. The zero-order valence-electron chi connectivity index (χ0n) is 12.1. The second kappa shape index (κ2) is 6.23. The molecule has 0 aromatic heterocycles. The molecule has 1 amide bonds. The first-order valence-electron chi connectivity index (χ1n) is 6.32. The molecule has 1 atom stereocenters. The Labute approximate surface area is 119 Å². The molecule has 1 aromatic carbocycles. The summed E-state index contributed by atoms with van der Waals surface area (Å²) in [5.41, 5.74) is 6.90. The number of carbonyl (C=O) groups excluding carboxylic acids is 1. The van der Waals surface area contributed by atoms with E-state index in [1.54, 1.807) is 26.8 Å². The van der Waals surface area contributed by atoms with Crippen LogP contribution in [0.5, 0.6) is 0 Å². The minimum atomic E-state index is -3.77. The van der Waals surface area contributed by atoms with Crippen LogP contribution in [-0.2, 0) is 14.8 Å². The van der Waals surface area contributed by atoms with Crippen molar-refractivity contribution in [2.75, 3.05) is 5.73 Å². The van der Waals surface area contributed by atoms with Gasteiger partial charge in [-0.15, -0.1) is 0 Å². The molecular weight excluding hydrogens is 278 g/mol. The molecule has 0 aliphatic carbocycles. The number of nitrogen functional groups attached to an aromatic ring is 1. The van der Waals surface area contributed by atoms with Crippen molar-refractivity contribution in [2.24, 2.45) is 0 Å². The summed E-state index contributed by atoms with van der Waals surface area (Å²) in [5.74, 6) is -0.372. The van der Waals surface area contributed by atoms with Crippen LogP contribution < -0.4 is 15.8 Å². The molecule has 7 heteroatoms. The highest BCUT2D eigenvalue weighted by atomic mass is 32.2. The van der Waals surface area contributed by atoms with E-state index in [-0.39, 0.29) is 16.8 Å². The average molecular weight is 299 g/mol. The predicted octanol–water partition coefficient (Wildman–Crippen LogP) is 0.769. The van der Waals surface area contributed by atoms with Gasteiger partial charge in [0.2, 0.25) is 15.9 Å². The highest BCUT2D eigenvalue weighted by molar-refractivity contribution is 7.89. The van der Waals surface area contributed by atoms with Gasteiger partial charge in [0, 0.05) is 11.7 Å². The lowest BCUT2D eigenvalue weighted by Crippen LogP contribution is -2.46. The van der Waals surface area contributed by atoms with E-state index in [1.807, 2.05) is 0 Å². The summed E-state index contributed by atoms with van der Waals surface area (Å²) >= 11 is 0. The summed E-state index contributed by atoms with van der Waals surface area (Å²) in [6.45, 7) is 6.89.